The Bertz CT molecular complexity index is 1450. The molecular formula is C24H22N2O5S2. The van der Waals surface area contributed by atoms with Gasteiger partial charge in [-0.15, -0.1) is 0 Å². The maximum atomic E-state index is 12.9. The number of ether oxygens (including phenoxy) is 2. The number of fused-ring (bicyclic) bond motifs is 1. The number of methoxy groups -OCH3 is 1. The number of rotatable bonds is 7. The van der Waals surface area contributed by atoms with Gasteiger partial charge in [-0.25, -0.2) is 8.42 Å². The van der Waals surface area contributed by atoms with Gasteiger partial charge in [0.2, 0.25) is 0 Å². The molecule has 0 N–H and O–H groups in total. The van der Waals surface area contributed by atoms with Crippen molar-refractivity contribution in [2.75, 3.05) is 20.0 Å². The monoisotopic (exact) mass is 482 g/mol. The first kappa shape index (κ1) is 22.9. The molecule has 4 aromatic rings. The molecule has 0 spiro atoms. The van der Waals surface area contributed by atoms with Crippen LogP contribution >= 0.6 is 11.3 Å². The fraction of sp³-hybridized carbons (Fsp3) is 0.167. The van der Waals surface area contributed by atoms with Crippen LogP contribution in [0.5, 0.6) is 11.5 Å². The van der Waals surface area contributed by atoms with Gasteiger partial charge in [-0.2, -0.15) is 4.99 Å². The van der Waals surface area contributed by atoms with Crippen LogP contribution in [-0.4, -0.2) is 38.9 Å². The predicted octanol–water partition coefficient (Wildman–Crippen LogP) is 4.29. The number of amides is 1. The van der Waals surface area contributed by atoms with Crippen molar-refractivity contribution in [3.8, 4) is 11.5 Å². The zero-order chi connectivity index (χ0) is 23.4. The van der Waals surface area contributed by atoms with Gasteiger partial charge in [0, 0.05) is 25.5 Å². The standard InChI is InChI=1S/C24H22N2O5S2/c1-30-15-14-26-21-13-12-20(33(2,28)29)16-22(21)32-24(26)25-23(27)17-8-10-19(11-9-17)31-18-6-4-3-5-7-18/h3-13,16H,14-15H2,1-2H3. The van der Waals surface area contributed by atoms with Gasteiger partial charge in [0.1, 0.15) is 11.5 Å². The summed E-state index contributed by atoms with van der Waals surface area (Å²) in [7, 11) is -1.75. The largest absolute Gasteiger partial charge is 0.457 e. The van der Waals surface area contributed by atoms with Crippen LogP contribution in [0.3, 0.4) is 0 Å². The van der Waals surface area contributed by atoms with Crippen LogP contribution in [0.15, 0.2) is 82.7 Å². The highest BCUT2D eigenvalue weighted by Crippen LogP contribution is 2.23. The summed E-state index contributed by atoms with van der Waals surface area (Å²) in [5.74, 6) is 0.921. The summed E-state index contributed by atoms with van der Waals surface area (Å²) in [5.41, 5.74) is 1.21. The van der Waals surface area contributed by atoms with E-state index in [0.29, 0.717) is 35.0 Å². The molecule has 1 amide bonds. The first-order chi connectivity index (χ1) is 15.8. The van der Waals surface area contributed by atoms with Gasteiger partial charge in [-0.3, -0.25) is 4.79 Å². The molecule has 0 aliphatic rings. The Morgan fingerprint density at radius 2 is 1.70 bits per heavy atom. The lowest BCUT2D eigenvalue weighted by Gasteiger charge is -2.06. The number of carbonyl (C=O) groups is 1. The lowest BCUT2D eigenvalue weighted by molar-refractivity contribution is 0.0997. The molecule has 0 fully saturated rings. The maximum absolute atomic E-state index is 12.9. The van der Waals surface area contributed by atoms with E-state index in [1.165, 1.54) is 17.6 Å². The zero-order valence-corrected chi connectivity index (χ0v) is 19.7. The van der Waals surface area contributed by atoms with Crippen LogP contribution in [0.4, 0.5) is 0 Å². The average Bonchev–Trinajstić information content (AvgIpc) is 3.14. The Kier molecular flexibility index (Phi) is 6.73. The molecule has 1 aromatic heterocycles. The smallest absolute Gasteiger partial charge is 0.279 e. The minimum Gasteiger partial charge on any atom is -0.457 e. The minimum absolute atomic E-state index is 0.224. The van der Waals surface area contributed by atoms with Crippen LogP contribution < -0.4 is 9.54 Å². The molecule has 0 saturated heterocycles. The molecule has 3 aromatic carbocycles. The van der Waals surface area contributed by atoms with E-state index >= 15 is 0 Å². The summed E-state index contributed by atoms with van der Waals surface area (Å²) in [6.07, 6.45) is 1.17. The van der Waals surface area contributed by atoms with E-state index in [2.05, 4.69) is 4.99 Å². The van der Waals surface area contributed by atoms with Crippen molar-refractivity contribution in [2.24, 2.45) is 4.99 Å². The summed E-state index contributed by atoms with van der Waals surface area (Å²) in [4.78, 5) is 17.9. The Labute approximate surface area is 195 Å². The van der Waals surface area contributed by atoms with Crippen molar-refractivity contribution in [2.45, 2.75) is 11.4 Å². The Hall–Kier alpha value is -3.27. The highest BCUT2D eigenvalue weighted by atomic mass is 32.2. The first-order valence-corrected chi connectivity index (χ1v) is 12.8. The van der Waals surface area contributed by atoms with Crippen molar-refractivity contribution < 1.29 is 22.7 Å². The second-order valence-corrected chi connectivity index (χ2v) is 10.3. The van der Waals surface area contributed by atoms with Crippen LogP contribution in [0.1, 0.15) is 10.4 Å². The van der Waals surface area contributed by atoms with Gasteiger partial charge in [0.05, 0.1) is 21.7 Å². The van der Waals surface area contributed by atoms with Crippen molar-refractivity contribution in [1.82, 2.24) is 4.57 Å². The molecule has 0 aliphatic heterocycles. The highest BCUT2D eigenvalue weighted by Gasteiger charge is 2.13. The molecule has 4 rings (SSSR count). The number of thiazole rings is 1. The summed E-state index contributed by atoms with van der Waals surface area (Å²) < 4.78 is 37.4. The van der Waals surface area contributed by atoms with Gasteiger partial charge < -0.3 is 14.0 Å². The van der Waals surface area contributed by atoms with Gasteiger partial charge >= 0.3 is 0 Å². The number of sulfone groups is 1. The number of para-hydroxylation sites is 1. The quantitative estimate of drug-likeness (QED) is 0.392. The third kappa shape index (κ3) is 5.39. The molecule has 9 heteroatoms. The second kappa shape index (κ2) is 9.70. The Balaban J connectivity index is 1.67. The van der Waals surface area contributed by atoms with Crippen molar-refractivity contribution in [3.63, 3.8) is 0 Å². The molecule has 0 aliphatic carbocycles. The Morgan fingerprint density at radius 3 is 2.36 bits per heavy atom. The minimum atomic E-state index is -3.34. The second-order valence-electron chi connectivity index (χ2n) is 7.29. The Morgan fingerprint density at radius 1 is 1.00 bits per heavy atom. The molecule has 7 nitrogen and oxygen atoms in total. The zero-order valence-electron chi connectivity index (χ0n) is 18.1. The third-order valence-corrected chi connectivity index (χ3v) is 7.03. The van der Waals surface area contributed by atoms with Gasteiger partial charge in [-0.1, -0.05) is 29.5 Å². The van der Waals surface area contributed by atoms with E-state index in [0.717, 1.165) is 10.2 Å². The summed E-state index contributed by atoms with van der Waals surface area (Å²) in [5, 5.41) is 0. The third-order valence-electron chi connectivity index (χ3n) is 4.88. The molecule has 0 unspecified atom stereocenters. The first-order valence-electron chi connectivity index (χ1n) is 10.1. The van der Waals surface area contributed by atoms with Gasteiger partial charge in [0.25, 0.3) is 5.91 Å². The lowest BCUT2D eigenvalue weighted by Crippen LogP contribution is -2.19. The normalized spacial score (nSPS) is 12.2. The number of hydrogen-bond donors (Lipinski definition) is 0. The fourth-order valence-electron chi connectivity index (χ4n) is 3.21. The number of aromatic nitrogens is 1. The van der Waals surface area contributed by atoms with Gasteiger partial charge in [-0.05, 0) is 54.6 Å². The van der Waals surface area contributed by atoms with Crippen molar-refractivity contribution in [3.05, 3.63) is 83.2 Å². The van der Waals surface area contributed by atoms with E-state index < -0.39 is 15.7 Å². The van der Waals surface area contributed by atoms with E-state index in [-0.39, 0.29) is 4.90 Å². The van der Waals surface area contributed by atoms with Crippen LogP contribution in [0.2, 0.25) is 0 Å². The number of hydrogen-bond acceptors (Lipinski definition) is 6. The highest BCUT2D eigenvalue weighted by molar-refractivity contribution is 7.90. The van der Waals surface area contributed by atoms with E-state index in [9.17, 15) is 13.2 Å². The van der Waals surface area contributed by atoms with Crippen molar-refractivity contribution in [1.29, 1.82) is 0 Å². The van der Waals surface area contributed by atoms with Gasteiger partial charge in [0.15, 0.2) is 14.6 Å². The molecule has 170 valence electrons. The van der Waals surface area contributed by atoms with E-state index in [1.54, 1.807) is 49.6 Å². The fourth-order valence-corrected chi connectivity index (χ4v) is 5.03. The molecular weight excluding hydrogens is 460 g/mol. The molecule has 0 radical (unpaired) electrons. The molecule has 33 heavy (non-hydrogen) atoms. The average molecular weight is 483 g/mol. The van der Waals surface area contributed by atoms with Crippen LogP contribution in [-0.2, 0) is 21.1 Å². The number of nitrogens with zero attached hydrogens (tertiary/aromatic N) is 2. The number of benzene rings is 3. The SMILES string of the molecule is COCCn1c(=NC(=O)c2ccc(Oc3ccccc3)cc2)sc2cc(S(C)(=O)=O)ccc21. The van der Waals surface area contributed by atoms with Crippen molar-refractivity contribution >= 4 is 37.3 Å². The summed E-state index contributed by atoms with van der Waals surface area (Å²) in [6, 6.07) is 21.1. The number of carbonyl (C=O) groups excluding carboxylic acids is 1. The predicted molar refractivity (Wildman–Crippen MR) is 128 cm³/mol. The van der Waals surface area contributed by atoms with Crippen LogP contribution in [0, 0.1) is 0 Å². The lowest BCUT2D eigenvalue weighted by atomic mass is 10.2. The van der Waals surface area contributed by atoms with E-state index in [1.807, 2.05) is 34.9 Å². The maximum Gasteiger partial charge on any atom is 0.279 e. The van der Waals surface area contributed by atoms with Crippen LogP contribution in [0.25, 0.3) is 10.2 Å². The molecule has 1 heterocycles. The topological polar surface area (TPSA) is 87.0 Å². The van der Waals surface area contributed by atoms with E-state index in [4.69, 9.17) is 9.47 Å². The summed E-state index contributed by atoms with van der Waals surface area (Å²) >= 11 is 1.26. The summed E-state index contributed by atoms with van der Waals surface area (Å²) in [6.45, 7) is 0.900. The molecule has 0 atom stereocenters. The molecule has 0 bridgehead atoms. The molecule has 0 saturated carbocycles.